The second kappa shape index (κ2) is 5.80. The number of nitrogens with zero attached hydrogens (tertiary/aromatic N) is 2. The van der Waals surface area contributed by atoms with Crippen LogP contribution in [0.4, 0.5) is 0 Å². The fraction of sp³-hybridized carbons (Fsp3) is 0.462. The lowest BCUT2D eigenvalue weighted by Crippen LogP contribution is -2.28. The average molecular weight is 233 g/mol. The lowest BCUT2D eigenvalue weighted by molar-refractivity contribution is 0.262. The summed E-state index contributed by atoms with van der Waals surface area (Å²) in [6, 6.07) is 6.43. The quantitative estimate of drug-likeness (QED) is 0.796. The molecule has 0 bridgehead atoms. The molecule has 0 spiro atoms. The highest BCUT2D eigenvalue weighted by Gasteiger charge is 2.07. The number of aliphatic hydroxyl groups is 1. The van der Waals surface area contributed by atoms with Gasteiger partial charge in [0, 0.05) is 31.0 Å². The molecule has 2 aromatic heterocycles. The smallest absolute Gasteiger partial charge is 0.0706 e. The van der Waals surface area contributed by atoms with Crippen LogP contribution in [0.15, 0.2) is 30.6 Å². The third-order valence-corrected chi connectivity index (χ3v) is 3.06. The standard InChI is InChI=1S/C13H19N3O/c1-2-12(6-8-17)14-9-11-10-15-16-7-4-3-5-13(11)16/h3-5,7,10,12,14,17H,2,6,8-9H2,1H3. The molecule has 2 rings (SSSR count). The van der Waals surface area contributed by atoms with Crippen molar-refractivity contribution in [2.24, 2.45) is 0 Å². The molecule has 17 heavy (non-hydrogen) atoms. The molecule has 0 aromatic carbocycles. The van der Waals surface area contributed by atoms with Gasteiger partial charge < -0.3 is 10.4 Å². The predicted octanol–water partition coefficient (Wildman–Crippen LogP) is 1.58. The first-order valence-electron chi connectivity index (χ1n) is 6.10. The van der Waals surface area contributed by atoms with Crippen molar-refractivity contribution in [1.29, 1.82) is 0 Å². The molecule has 4 heteroatoms. The van der Waals surface area contributed by atoms with Crippen molar-refractivity contribution in [2.75, 3.05) is 6.61 Å². The Morgan fingerprint density at radius 1 is 1.47 bits per heavy atom. The van der Waals surface area contributed by atoms with Gasteiger partial charge in [0.05, 0.1) is 11.7 Å². The summed E-state index contributed by atoms with van der Waals surface area (Å²) in [6.07, 6.45) is 5.67. The first-order valence-corrected chi connectivity index (χ1v) is 6.10. The van der Waals surface area contributed by atoms with Gasteiger partial charge in [-0.05, 0) is 25.0 Å². The van der Waals surface area contributed by atoms with Gasteiger partial charge in [-0.1, -0.05) is 13.0 Å². The monoisotopic (exact) mass is 233 g/mol. The maximum absolute atomic E-state index is 8.94. The summed E-state index contributed by atoms with van der Waals surface area (Å²) >= 11 is 0. The summed E-state index contributed by atoms with van der Waals surface area (Å²) in [6.45, 7) is 3.16. The van der Waals surface area contributed by atoms with Gasteiger partial charge in [0.1, 0.15) is 0 Å². The first kappa shape index (κ1) is 12.1. The summed E-state index contributed by atoms with van der Waals surface area (Å²) in [7, 11) is 0. The summed E-state index contributed by atoms with van der Waals surface area (Å²) in [5, 5.41) is 16.7. The van der Waals surface area contributed by atoms with Crippen molar-refractivity contribution in [3.63, 3.8) is 0 Å². The van der Waals surface area contributed by atoms with E-state index in [1.54, 1.807) is 0 Å². The number of pyridine rings is 1. The molecule has 1 atom stereocenters. The highest BCUT2D eigenvalue weighted by Crippen LogP contribution is 2.10. The maximum Gasteiger partial charge on any atom is 0.0706 e. The average Bonchev–Trinajstić information content (AvgIpc) is 2.78. The molecule has 2 N–H and O–H groups in total. The van der Waals surface area contributed by atoms with E-state index in [-0.39, 0.29) is 6.61 Å². The second-order valence-corrected chi connectivity index (χ2v) is 4.20. The fourth-order valence-corrected chi connectivity index (χ4v) is 1.98. The summed E-state index contributed by atoms with van der Waals surface area (Å²) in [5.74, 6) is 0. The Morgan fingerprint density at radius 2 is 2.35 bits per heavy atom. The SMILES string of the molecule is CCC(CCO)NCc1cnn2ccccc12. The molecule has 0 aliphatic carbocycles. The van der Waals surface area contributed by atoms with Crippen LogP contribution in [0, 0.1) is 0 Å². The predicted molar refractivity (Wildman–Crippen MR) is 67.8 cm³/mol. The number of aliphatic hydroxyl groups excluding tert-OH is 1. The molecule has 0 amide bonds. The number of rotatable bonds is 6. The normalized spacial score (nSPS) is 13.1. The number of hydrogen-bond acceptors (Lipinski definition) is 3. The Hall–Kier alpha value is -1.39. The maximum atomic E-state index is 8.94. The highest BCUT2D eigenvalue weighted by atomic mass is 16.3. The Balaban J connectivity index is 2.03. The minimum absolute atomic E-state index is 0.236. The topological polar surface area (TPSA) is 49.6 Å². The molecule has 0 fully saturated rings. The van der Waals surface area contributed by atoms with Crippen molar-refractivity contribution in [2.45, 2.75) is 32.4 Å². The van der Waals surface area contributed by atoms with Crippen molar-refractivity contribution in [1.82, 2.24) is 14.9 Å². The minimum Gasteiger partial charge on any atom is -0.396 e. The molecule has 0 aliphatic rings. The van der Waals surface area contributed by atoms with Gasteiger partial charge in [0.2, 0.25) is 0 Å². The van der Waals surface area contributed by atoms with Crippen LogP contribution < -0.4 is 5.32 Å². The molecule has 2 aromatic rings. The van der Waals surface area contributed by atoms with Gasteiger partial charge in [-0.2, -0.15) is 5.10 Å². The van der Waals surface area contributed by atoms with E-state index < -0.39 is 0 Å². The second-order valence-electron chi connectivity index (χ2n) is 4.20. The fourth-order valence-electron chi connectivity index (χ4n) is 1.98. The molecule has 0 aliphatic heterocycles. The zero-order valence-corrected chi connectivity index (χ0v) is 10.1. The van der Waals surface area contributed by atoms with E-state index in [1.165, 1.54) is 5.56 Å². The number of aromatic nitrogens is 2. The third-order valence-electron chi connectivity index (χ3n) is 3.06. The number of nitrogens with one attached hydrogen (secondary N) is 1. The summed E-state index contributed by atoms with van der Waals surface area (Å²) in [4.78, 5) is 0. The molecule has 2 heterocycles. The van der Waals surface area contributed by atoms with Crippen LogP contribution in [0.5, 0.6) is 0 Å². The van der Waals surface area contributed by atoms with Crippen molar-refractivity contribution in [3.8, 4) is 0 Å². The molecular formula is C13H19N3O. The van der Waals surface area contributed by atoms with Crippen LogP contribution in [0.3, 0.4) is 0 Å². The van der Waals surface area contributed by atoms with Crippen LogP contribution in [0.25, 0.3) is 5.52 Å². The van der Waals surface area contributed by atoms with E-state index in [9.17, 15) is 0 Å². The van der Waals surface area contributed by atoms with Crippen LogP contribution in [0.1, 0.15) is 25.3 Å². The van der Waals surface area contributed by atoms with E-state index in [2.05, 4.69) is 23.4 Å². The van der Waals surface area contributed by atoms with Crippen molar-refractivity contribution >= 4 is 5.52 Å². The molecule has 92 valence electrons. The zero-order chi connectivity index (χ0) is 12.1. The minimum atomic E-state index is 0.236. The van der Waals surface area contributed by atoms with Crippen LogP contribution in [0.2, 0.25) is 0 Å². The lowest BCUT2D eigenvalue weighted by atomic mass is 10.1. The van der Waals surface area contributed by atoms with Crippen LogP contribution in [-0.4, -0.2) is 27.4 Å². The van der Waals surface area contributed by atoms with Gasteiger partial charge in [-0.3, -0.25) is 0 Å². The first-order chi connectivity index (χ1) is 8.35. The van der Waals surface area contributed by atoms with Gasteiger partial charge in [0.15, 0.2) is 0 Å². The zero-order valence-electron chi connectivity index (χ0n) is 10.1. The Morgan fingerprint density at radius 3 is 3.12 bits per heavy atom. The Labute approximate surface area is 101 Å². The van der Waals surface area contributed by atoms with E-state index in [1.807, 2.05) is 29.0 Å². The Bertz CT molecular complexity index is 466. The van der Waals surface area contributed by atoms with Gasteiger partial charge in [0.25, 0.3) is 0 Å². The summed E-state index contributed by atoms with van der Waals surface area (Å²) in [5.41, 5.74) is 2.33. The largest absolute Gasteiger partial charge is 0.396 e. The van der Waals surface area contributed by atoms with Crippen LogP contribution in [-0.2, 0) is 6.54 Å². The molecule has 0 radical (unpaired) electrons. The van der Waals surface area contributed by atoms with Gasteiger partial charge in [-0.15, -0.1) is 0 Å². The lowest BCUT2D eigenvalue weighted by Gasteiger charge is -2.14. The van der Waals surface area contributed by atoms with Crippen LogP contribution >= 0.6 is 0 Å². The van der Waals surface area contributed by atoms with E-state index >= 15 is 0 Å². The van der Waals surface area contributed by atoms with E-state index in [0.717, 1.165) is 24.9 Å². The molecule has 0 saturated carbocycles. The highest BCUT2D eigenvalue weighted by molar-refractivity contribution is 5.53. The van der Waals surface area contributed by atoms with Crippen molar-refractivity contribution < 1.29 is 5.11 Å². The van der Waals surface area contributed by atoms with Gasteiger partial charge >= 0.3 is 0 Å². The van der Waals surface area contributed by atoms with Gasteiger partial charge in [-0.25, -0.2) is 4.52 Å². The van der Waals surface area contributed by atoms with E-state index in [0.29, 0.717) is 6.04 Å². The summed E-state index contributed by atoms with van der Waals surface area (Å²) < 4.78 is 1.88. The molecular weight excluding hydrogens is 214 g/mol. The van der Waals surface area contributed by atoms with E-state index in [4.69, 9.17) is 5.11 Å². The number of hydrogen-bond donors (Lipinski definition) is 2. The van der Waals surface area contributed by atoms with Crippen molar-refractivity contribution in [3.05, 3.63) is 36.2 Å². The molecule has 4 nitrogen and oxygen atoms in total. The third kappa shape index (κ3) is 2.84. The molecule has 1 unspecified atom stereocenters. The Kier molecular flexibility index (Phi) is 4.12. The number of fused-ring (bicyclic) bond motifs is 1. The molecule has 0 saturated heterocycles.